The van der Waals surface area contributed by atoms with Gasteiger partial charge in [0, 0.05) is 17.9 Å². The molecule has 1 rings (SSSR count). The summed E-state index contributed by atoms with van der Waals surface area (Å²) < 4.78 is 52.9. The van der Waals surface area contributed by atoms with Crippen molar-refractivity contribution in [1.82, 2.24) is 0 Å². The van der Waals surface area contributed by atoms with Gasteiger partial charge in [0.25, 0.3) is 0 Å². The van der Waals surface area contributed by atoms with Crippen LogP contribution in [0.5, 0.6) is 5.75 Å². The zero-order chi connectivity index (χ0) is 14.5. The molecule has 0 aliphatic heterocycles. The molecule has 19 heavy (non-hydrogen) atoms. The average Bonchev–Trinajstić information content (AvgIpc) is 2.36. The highest BCUT2D eigenvalue weighted by atomic mass is 35.5. The van der Waals surface area contributed by atoms with Crippen LogP contribution in [0, 0.1) is 0 Å². The Balaban J connectivity index is 2.69. The molecule has 0 spiro atoms. The third-order valence-electron chi connectivity index (χ3n) is 2.22. The molecule has 1 aromatic carbocycles. The Morgan fingerprint density at radius 2 is 1.84 bits per heavy atom. The smallest absolute Gasteiger partial charge is 0.428 e. The monoisotopic (exact) mass is 298 g/mol. The topological polar surface area (TPSA) is 26.3 Å². The molecular formula is C12H11ClF4O2. The molecule has 0 aliphatic carbocycles. The number of alkyl halides is 5. The summed E-state index contributed by atoms with van der Waals surface area (Å²) in [6, 6.07) is 4.58. The van der Waals surface area contributed by atoms with E-state index in [9.17, 15) is 22.4 Å². The number of hydrogen-bond acceptors (Lipinski definition) is 2. The molecule has 0 amide bonds. The van der Waals surface area contributed by atoms with Crippen molar-refractivity contribution in [1.29, 1.82) is 0 Å². The standard InChI is InChI=1S/C12H11ClF4O2/c13-7-1-2-10(18)8-3-5-9(6-4-8)19-12(16,17)11(14)15/h3-6,11H,1-2,7H2. The van der Waals surface area contributed by atoms with Gasteiger partial charge in [0.2, 0.25) is 0 Å². The first-order chi connectivity index (χ1) is 8.86. The maximum absolute atomic E-state index is 12.6. The van der Waals surface area contributed by atoms with Crippen LogP contribution in [0.15, 0.2) is 24.3 Å². The van der Waals surface area contributed by atoms with Gasteiger partial charge in [-0.2, -0.15) is 17.6 Å². The lowest BCUT2D eigenvalue weighted by atomic mass is 10.1. The van der Waals surface area contributed by atoms with E-state index in [1.54, 1.807) is 0 Å². The van der Waals surface area contributed by atoms with Crippen molar-refractivity contribution < 1.29 is 27.1 Å². The van der Waals surface area contributed by atoms with Crippen molar-refractivity contribution in [2.75, 3.05) is 5.88 Å². The number of Topliss-reactive ketones (excluding diaryl/α,β-unsaturated/α-hetero) is 1. The Morgan fingerprint density at radius 3 is 2.32 bits per heavy atom. The van der Waals surface area contributed by atoms with Crippen LogP contribution in [0.4, 0.5) is 17.6 Å². The van der Waals surface area contributed by atoms with Crippen molar-refractivity contribution in [3.8, 4) is 5.75 Å². The molecule has 0 atom stereocenters. The average molecular weight is 299 g/mol. The van der Waals surface area contributed by atoms with E-state index < -0.39 is 18.3 Å². The molecule has 106 valence electrons. The number of ketones is 1. The second-order valence-corrected chi connectivity index (χ2v) is 4.08. The van der Waals surface area contributed by atoms with E-state index >= 15 is 0 Å². The van der Waals surface area contributed by atoms with Gasteiger partial charge in [0.05, 0.1) is 0 Å². The highest BCUT2D eigenvalue weighted by Crippen LogP contribution is 2.27. The van der Waals surface area contributed by atoms with Gasteiger partial charge >= 0.3 is 12.5 Å². The molecule has 2 nitrogen and oxygen atoms in total. The highest BCUT2D eigenvalue weighted by molar-refractivity contribution is 6.18. The number of rotatable bonds is 7. The summed E-state index contributed by atoms with van der Waals surface area (Å²) in [6.45, 7) is 0. The number of benzene rings is 1. The molecule has 0 unspecified atom stereocenters. The molecule has 0 heterocycles. The molecular weight excluding hydrogens is 288 g/mol. The lowest BCUT2D eigenvalue weighted by Crippen LogP contribution is -2.33. The molecule has 0 aliphatic rings. The van der Waals surface area contributed by atoms with Crippen LogP contribution >= 0.6 is 11.6 Å². The number of hydrogen-bond donors (Lipinski definition) is 0. The molecule has 0 fully saturated rings. The fourth-order valence-corrected chi connectivity index (χ4v) is 1.42. The minimum atomic E-state index is -4.55. The zero-order valence-corrected chi connectivity index (χ0v) is 10.5. The third kappa shape index (κ3) is 4.70. The van der Waals surface area contributed by atoms with Gasteiger partial charge in [-0.1, -0.05) is 0 Å². The fraction of sp³-hybridized carbons (Fsp3) is 0.417. The van der Waals surface area contributed by atoms with Gasteiger partial charge in [-0.05, 0) is 30.7 Å². The molecule has 1 aromatic rings. The van der Waals surface area contributed by atoms with Crippen LogP contribution in [-0.4, -0.2) is 24.2 Å². The Kier molecular flexibility index (Phi) is 5.60. The van der Waals surface area contributed by atoms with Crippen LogP contribution in [0.1, 0.15) is 23.2 Å². The fourth-order valence-electron chi connectivity index (χ4n) is 1.28. The lowest BCUT2D eigenvalue weighted by molar-refractivity contribution is -0.253. The molecule has 0 aromatic heterocycles. The summed E-state index contributed by atoms with van der Waals surface area (Å²) >= 11 is 5.43. The van der Waals surface area contributed by atoms with Gasteiger partial charge in [0.1, 0.15) is 5.75 Å². The first-order valence-electron chi connectivity index (χ1n) is 5.41. The summed E-state index contributed by atoms with van der Waals surface area (Å²) in [5.41, 5.74) is 0.290. The molecule has 0 radical (unpaired) electrons. The predicted molar refractivity (Wildman–Crippen MR) is 62.3 cm³/mol. The van der Waals surface area contributed by atoms with E-state index in [0.717, 1.165) is 12.1 Å². The summed E-state index contributed by atoms with van der Waals surface area (Å²) in [6.07, 6.45) is -7.74. The van der Waals surface area contributed by atoms with Gasteiger partial charge in [-0.3, -0.25) is 4.79 Å². The maximum Gasteiger partial charge on any atom is 0.461 e. The molecule has 7 heteroatoms. The summed E-state index contributed by atoms with van der Waals surface area (Å²) in [4.78, 5) is 11.5. The van der Waals surface area contributed by atoms with Crippen molar-refractivity contribution in [2.24, 2.45) is 0 Å². The first-order valence-corrected chi connectivity index (χ1v) is 5.94. The van der Waals surface area contributed by atoms with E-state index in [2.05, 4.69) is 4.74 Å². The van der Waals surface area contributed by atoms with Crippen LogP contribution in [0.2, 0.25) is 0 Å². The minimum absolute atomic E-state index is 0.201. The largest absolute Gasteiger partial charge is 0.461 e. The second kappa shape index (κ2) is 6.75. The summed E-state index contributed by atoms with van der Waals surface area (Å²) in [5.74, 6) is -0.292. The van der Waals surface area contributed by atoms with Gasteiger partial charge in [-0.15, -0.1) is 11.6 Å². The van der Waals surface area contributed by atoms with Crippen LogP contribution in [0.3, 0.4) is 0 Å². The SMILES string of the molecule is O=C(CCCCl)c1ccc(OC(F)(F)C(F)F)cc1. The molecule has 0 N–H and O–H groups in total. The second-order valence-electron chi connectivity index (χ2n) is 3.70. The number of carbonyl (C=O) groups is 1. The summed E-state index contributed by atoms with van der Waals surface area (Å²) in [7, 11) is 0. The number of halogens is 5. The van der Waals surface area contributed by atoms with Gasteiger partial charge in [-0.25, -0.2) is 0 Å². The zero-order valence-electron chi connectivity index (χ0n) is 9.71. The maximum atomic E-state index is 12.6. The van der Waals surface area contributed by atoms with Crippen LogP contribution < -0.4 is 4.74 Å². The van der Waals surface area contributed by atoms with E-state index in [1.807, 2.05) is 0 Å². The molecule has 0 saturated heterocycles. The van der Waals surface area contributed by atoms with Crippen molar-refractivity contribution in [3.63, 3.8) is 0 Å². The van der Waals surface area contributed by atoms with E-state index in [4.69, 9.17) is 11.6 Å². The Morgan fingerprint density at radius 1 is 1.26 bits per heavy atom. The number of ether oxygens (including phenoxy) is 1. The first kappa shape index (κ1) is 15.8. The Hall–Kier alpha value is -1.30. The van der Waals surface area contributed by atoms with Crippen molar-refractivity contribution in [2.45, 2.75) is 25.4 Å². The van der Waals surface area contributed by atoms with Crippen LogP contribution in [-0.2, 0) is 0 Å². The van der Waals surface area contributed by atoms with E-state index in [-0.39, 0.29) is 17.8 Å². The van der Waals surface area contributed by atoms with Crippen LogP contribution in [0.25, 0.3) is 0 Å². The normalized spacial score (nSPS) is 11.7. The lowest BCUT2D eigenvalue weighted by Gasteiger charge is -2.16. The third-order valence-corrected chi connectivity index (χ3v) is 2.49. The summed E-state index contributed by atoms with van der Waals surface area (Å²) in [5, 5.41) is 0. The van der Waals surface area contributed by atoms with Gasteiger partial charge in [0.15, 0.2) is 5.78 Å². The van der Waals surface area contributed by atoms with Gasteiger partial charge < -0.3 is 4.74 Å². The number of carbonyl (C=O) groups excluding carboxylic acids is 1. The highest BCUT2D eigenvalue weighted by Gasteiger charge is 2.43. The minimum Gasteiger partial charge on any atom is -0.428 e. The molecule has 0 saturated carbocycles. The Bertz CT molecular complexity index is 420. The van der Waals surface area contributed by atoms with E-state index in [0.29, 0.717) is 12.3 Å². The van der Waals surface area contributed by atoms with Crippen molar-refractivity contribution >= 4 is 17.4 Å². The quantitative estimate of drug-likeness (QED) is 0.430. The van der Waals surface area contributed by atoms with E-state index in [1.165, 1.54) is 12.1 Å². The Labute approximate surface area is 112 Å². The predicted octanol–water partition coefficient (Wildman–Crippen LogP) is 4.13. The molecule has 0 bridgehead atoms. The van der Waals surface area contributed by atoms with Crippen molar-refractivity contribution in [3.05, 3.63) is 29.8 Å².